The number of carbonyl (C=O) groups is 3. The van der Waals surface area contributed by atoms with Gasteiger partial charge in [-0.05, 0) is 0 Å². The summed E-state index contributed by atoms with van der Waals surface area (Å²) in [4.78, 5) is 39.7. The Hall–Kier alpha value is -1.06. The first-order valence-corrected chi connectivity index (χ1v) is 7.68. The van der Waals surface area contributed by atoms with Crippen molar-refractivity contribution in [3.05, 3.63) is 0 Å². The van der Waals surface area contributed by atoms with Crippen LogP contribution in [0.5, 0.6) is 0 Å². The monoisotopic (exact) mass is 303 g/mol. The lowest BCUT2D eigenvalue weighted by atomic mass is 10.3. The van der Waals surface area contributed by atoms with Crippen LogP contribution < -0.4 is 5.73 Å². The van der Waals surface area contributed by atoms with E-state index in [-0.39, 0.29) is 24.0 Å². The van der Waals surface area contributed by atoms with Gasteiger partial charge < -0.3 is 10.8 Å². The molecule has 1 saturated heterocycles. The van der Waals surface area contributed by atoms with E-state index in [1.165, 1.54) is 11.8 Å². The number of aliphatic imine (C=N–C) groups is 1. The molecule has 7 nitrogen and oxygen atoms in total. The van der Waals surface area contributed by atoms with Gasteiger partial charge in [0.1, 0.15) is 6.04 Å². The third kappa shape index (κ3) is 3.10. The van der Waals surface area contributed by atoms with Crippen LogP contribution in [0, 0.1) is 0 Å². The van der Waals surface area contributed by atoms with E-state index in [2.05, 4.69) is 4.99 Å². The standard InChI is InChI=1S/C10H13N3O4S2/c11-5(9(16)17)4-19-6-3-7(14)13(8(6)15)10-12-1-2-18-10/h5-6H,1-4,11H2,(H,16,17). The van der Waals surface area contributed by atoms with Crippen LogP contribution in [-0.4, -0.2) is 62.3 Å². The minimum atomic E-state index is -1.11. The maximum Gasteiger partial charge on any atom is 0.321 e. The number of rotatable bonds is 4. The van der Waals surface area contributed by atoms with E-state index < -0.39 is 17.3 Å². The summed E-state index contributed by atoms with van der Waals surface area (Å²) < 4.78 is 0. The van der Waals surface area contributed by atoms with Crippen molar-refractivity contribution in [3.8, 4) is 0 Å². The normalized spacial score (nSPS) is 24.8. The Bertz CT molecular complexity index is 454. The topological polar surface area (TPSA) is 113 Å². The fourth-order valence-corrected chi connectivity index (χ4v) is 3.64. The molecule has 0 aliphatic carbocycles. The summed E-state index contributed by atoms with van der Waals surface area (Å²) in [6.45, 7) is 0.610. The Morgan fingerprint density at radius 2 is 2.37 bits per heavy atom. The second-order valence-electron chi connectivity index (χ2n) is 4.05. The summed E-state index contributed by atoms with van der Waals surface area (Å²) in [5.74, 6) is -0.835. The summed E-state index contributed by atoms with van der Waals surface area (Å²) in [7, 11) is 0. The average Bonchev–Trinajstić information content (AvgIpc) is 2.95. The number of aliphatic carboxylic acids is 1. The highest BCUT2D eigenvalue weighted by Crippen LogP contribution is 2.29. The number of carboxylic acid groups (broad SMARTS) is 1. The number of hydrogen-bond donors (Lipinski definition) is 2. The molecule has 0 aromatic carbocycles. The lowest BCUT2D eigenvalue weighted by Gasteiger charge is -2.14. The zero-order valence-corrected chi connectivity index (χ0v) is 11.6. The van der Waals surface area contributed by atoms with E-state index in [0.29, 0.717) is 11.7 Å². The molecule has 2 rings (SSSR count). The van der Waals surface area contributed by atoms with Gasteiger partial charge >= 0.3 is 5.97 Å². The summed E-state index contributed by atoms with van der Waals surface area (Å²) >= 11 is 2.50. The van der Waals surface area contributed by atoms with Gasteiger partial charge in [-0.1, -0.05) is 11.8 Å². The van der Waals surface area contributed by atoms with E-state index in [1.807, 2.05) is 0 Å². The van der Waals surface area contributed by atoms with Crippen LogP contribution in [-0.2, 0) is 14.4 Å². The van der Waals surface area contributed by atoms with Crippen molar-refractivity contribution in [2.75, 3.05) is 18.1 Å². The molecule has 3 N–H and O–H groups in total. The van der Waals surface area contributed by atoms with Gasteiger partial charge in [0.2, 0.25) is 11.8 Å². The van der Waals surface area contributed by atoms with E-state index in [9.17, 15) is 14.4 Å². The smallest absolute Gasteiger partial charge is 0.321 e. The molecule has 1 fully saturated rings. The van der Waals surface area contributed by atoms with Gasteiger partial charge in [-0.2, -0.15) is 0 Å². The van der Waals surface area contributed by atoms with Crippen molar-refractivity contribution in [2.24, 2.45) is 10.7 Å². The van der Waals surface area contributed by atoms with Crippen LogP contribution >= 0.6 is 23.5 Å². The predicted molar refractivity (Wildman–Crippen MR) is 73.1 cm³/mol. The predicted octanol–water partition coefficient (Wildman–Crippen LogP) is -0.638. The molecule has 2 heterocycles. The molecule has 0 aromatic rings. The summed E-state index contributed by atoms with van der Waals surface area (Å²) in [6.07, 6.45) is 0.0788. The molecule has 9 heteroatoms. The minimum absolute atomic E-state index is 0.0788. The third-order valence-corrected chi connectivity index (χ3v) is 4.94. The first-order valence-electron chi connectivity index (χ1n) is 5.64. The molecule has 19 heavy (non-hydrogen) atoms. The highest BCUT2D eigenvalue weighted by Gasteiger charge is 2.42. The molecule has 2 aliphatic rings. The molecular formula is C10H13N3O4S2. The van der Waals surface area contributed by atoms with Crippen molar-refractivity contribution in [2.45, 2.75) is 17.7 Å². The Balaban J connectivity index is 1.96. The molecule has 0 aromatic heterocycles. The second kappa shape index (κ2) is 5.93. The first-order chi connectivity index (χ1) is 9.00. The lowest BCUT2D eigenvalue weighted by Crippen LogP contribution is -2.36. The number of hydrogen-bond acceptors (Lipinski definition) is 7. The van der Waals surface area contributed by atoms with Crippen molar-refractivity contribution < 1.29 is 19.5 Å². The Labute approximate surface area is 118 Å². The number of carboxylic acids is 1. The lowest BCUT2D eigenvalue weighted by molar-refractivity contribution is -0.138. The molecule has 2 atom stereocenters. The maximum absolute atomic E-state index is 12.1. The molecular weight excluding hydrogens is 290 g/mol. The minimum Gasteiger partial charge on any atom is -0.480 e. The molecule has 2 unspecified atom stereocenters. The van der Waals surface area contributed by atoms with E-state index in [1.54, 1.807) is 0 Å². The first kappa shape index (κ1) is 14.4. The average molecular weight is 303 g/mol. The number of amides is 2. The van der Waals surface area contributed by atoms with Gasteiger partial charge in [0.05, 0.1) is 11.8 Å². The summed E-state index contributed by atoms with van der Waals surface area (Å²) in [6, 6.07) is -1.03. The van der Waals surface area contributed by atoms with Crippen molar-refractivity contribution in [3.63, 3.8) is 0 Å². The highest BCUT2D eigenvalue weighted by atomic mass is 32.2. The van der Waals surface area contributed by atoms with Gasteiger partial charge in [-0.25, -0.2) is 4.90 Å². The van der Waals surface area contributed by atoms with E-state index in [0.717, 1.165) is 22.4 Å². The molecule has 2 amide bonds. The highest BCUT2D eigenvalue weighted by molar-refractivity contribution is 8.14. The van der Waals surface area contributed by atoms with Crippen molar-refractivity contribution in [1.29, 1.82) is 0 Å². The SMILES string of the molecule is NC(CSC1CC(=O)N(C2=NCCS2)C1=O)C(=O)O. The quantitative estimate of drug-likeness (QED) is 0.664. The number of imide groups is 1. The van der Waals surface area contributed by atoms with E-state index >= 15 is 0 Å². The summed E-state index contributed by atoms with van der Waals surface area (Å²) in [5.41, 5.74) is 5.37. The molecule has 2 aliphatic heterocycles. The number of nitrogens with two attached hydrogens (primary N) is 1. The Morgan fingerprint density at radius 3 is 2.95 bits per heavy atom. The van der Waals surface area contributed by atoms with Gasteiger partial charge in [0.15, 0.2) is 5.17 Å². The van der Waals surface area contributed by atoms with Crippen LogP contribution in [0.3, 0.4) is 0 Å². The number of carbonyl (C=O) groups excluding carboxylic acids is 2. The van der Waals surface area contributed by atoms with Gasteiger partial charge in [-0.15, -0.1) is 11.8 Å². The van der Waals surface area contributed by atoms with Gasteiger partial charge in [0.25, 0.3) is 0 Å². The Kier molecular flexibility index (Phi) is 4.48. The molecule has 0 spiro atoms. The van der Waals surface area contributed by atoms with Crippen LogP contribution in [0.25, 0.3) is 0 Å². The van der Waals surface area contributed by atoms with Crippen LogP contribution in [0.4, 0.5) is 0 Å². The zero-order chi connectivity index (χ0) is 14.0. The number of amidine groups is 1. The van der Waals surface area contributed by atoms with Crippen molar-refractivity contribution in [1.82, 2.24) is 4.90 Å². The summed E-state index contributed by atoms with van der Waals surface area (Å²) in [5, 5.41) is 8.58. The van der Waals surface area contributed by atoms with Crippen LogP contribution in [0.2, 0.25) is 0 Å². The fourth-order valence-electron chi connectivity index (χ4n) is 1.69. The zero-order valence-electron chi connectivity index (χ0n) is 9.94. The van der Waals surface area contributed by atoms with Crippen LogP contribution in [0.1, 0.15) is 6.42 Å². The maximum atomic E-state index is 12.1. The molecule has 0 radical (unpaired) electrons. The molecule has 0 saturated carbocycles. The Morgan fingerprint density at radius 1 is 1.63 bits per heavy atom. The number of likely N-dealkylation sites (tertiary alicyclic amines) is 1. The van der Waals surface area contributed by atoms with Crippen LogP contribution in [0.15, 0.2) is 4.99 Å². The number of nitrogens with zero attached hydrogens (tertiary/aromatic N) is 2. The third-order valence-electron chi connectivity index (χ3n) is 2.66. The van der Waals surface area contributed by atoms with Crippen molar-refractivity contribution >= 4 is 46.5 Å². The van der Waals surface area contributed by atoms with E-state index in [4.69, 9.17) is 10.8 Å². The largest absolute Gasteiger partial charge is 0.480 e. The molecule has 0 bridgehead atoms. The van der Waals surface area contributed by atoms with Gasteiger partial charge in [-0.3, -0.25) is 19.4 Å². The molecule has 104 valence electrons. The fraction of sp³-hybridized carbons (Fsp3) is 0.600. The number of thioether (sulfide) groups is 2. The second-order valence-corrected chi connectivity index (χ2v) is 6.35. The van der Waals surface area contributed by atoms with Gasteiger partial charge in [0, 0.05) is 17.9 Å².